The maximum atomic E-state index is 9.61. The van der Waals surface area contributed by atoms with Crippen LogP contribution in [0.4, 0.5) is 0 Å². The van der Waals surface area contributed by atoms with Crippen LogP contribution in [0, 0.1) is 0 Å². The fourth-order valence-corrected chi connectivity index (χ4v) is 2.32. The minimum absolute atomic E-state index is 0.0219. The minimum Gasteiger partial charge on any atom is -0.394 e. The zero-order valence-corrected chi connectivity index (χ0v) is 11.3. The molecule has 0 heterocycles. The van der Waals surface area contributed by atoms with Crippen molar-refractivity contribution in [3.05, 3.63) is 71.8 Å². The molecule has 2 aromatic rings. The Balaban J connectivity index is 2.13. The summed E-state index contributed by atoms with van der Waals surface area (Å²) in [7, 11) is 0. The molecule has 0 amide bonds. The van der Waals surface area contributed by atoms with Crippen molar-refractivity contribution in [3.8, 4) is 0 Å². The van der Waals surface area contributed by atoms with E-state index in [4.69, 9.17) is 0 Å². The zero-order chi connectivity index (χ0) is 13.5. The molecule has 2 atom stereocenters. The van der Waals surface area contributed by atoms with Crippen LogP contribution in [-0.4, -0.2) is 11.7 Å². The Hall–Kier alpha value is -1.64. The molecule has 100 valence electrons. The molecule has 0 fully saturated rings. The molecular formula is C17H21NO. The zero-order valence-electron chi connectivity index (χ0n) is 11.3. The largest absolute Gasteiger partial charge is 0.394 e. The minimum atomic E-state index is -0.0219. The van der Waals surface area contributed by atoms with Gasteiger partial charge in [-0.2, -0.15) is 0 Å². The van der Waals surface area contributed by atoms with Crippen LogP contribution < -0.4 is 5.32 Å². The summed E-state index contributed by atoms with van der Waals surface area (Å²) in [5, 5.41) is 13.1. The van der Waals surface area contributed by atoms with Gasteiger partial charge in [0.15, 0.2) is 0 Å². The molecule has 0 aliphatic heterocycles. The van der Waals surface area contributed by atoms with Gasteiger partial charge in [0.05, 0.1) is 12.6 Å². The highest BCUT2D eigenvalue weighted by atomic mass is 16.3. The van der Waals surface area contributed by atoms with Gasteiger partial charge in [0, 0.05) is 6.04 Å². The fraction of sp³-hybridized carbons (Fsp3) is 0.294. The standard InChI is InChI=1S/C17H21NO/c1-2-16(14-9-5-3-6-10-14)18-17(13-19)15-11-7-4-8-12-15/h3-12,16-19H,2,13H2,1H3/t16?,17-/m1/s1. The normalized spacial score (nSPS) is 14.0. The maximum Gasteiger partial charge on any atom is 0.0626 e. The Bertz CT molecular complexity index is 424. The molecule has 2 rings (SSSR count). The van der Waals surface area contributed by atoms with E-state index in [2.05, 4.69) is 36.5 Å². The molecule has 0 saturated heterocycles. The first-order chi connectivity index (χ1) is 9.35. The molecule has 0 aliphatic carbocycles. The lowest BCUT2D eigenvalue weighted by atomic mass is 10.0. The van der Waals surface area contributed by atoms with E-state index >= 15 is 0 Å². The second-order valence-corrected chi connectivity index (χ2v) is 4.68. The summed E-state index contributed by atoms with van der Waals surface area (Å²) >= 11 is 0. The topological polar surface area (TPSA) is 32.3 Å². The van der Waals surface area contributed by atoms with Crippen molar-refractivity contribution >= 4 is 0 Å². The van der Waals surface area contributed by atoms with Gasteiger partial charge in [-0.25, -0.2) is 0 Å². The van der Waals surface area contributed by atoms with Crippen molar-refractivity contribution in [2.45, 2.75) is 25.4 Å². The van der Waals surface area contributed by atoms with Crippen LogP contribution in [0.2, 0.25) is 0 Å². The molecule has 19 heavy (non-hydrogen) atoms. The first-order valence-electron chi connectivity index (χ1n) is 6.82. The molecule has 2 nitrogen and oxygen atoms in total. The van der Waals surface area contributed by atoms with Gasteiger partial charge in [-0.1, -0.05) is 67.6 Å². The maximum absolute atomic E-state index is 9.61. The molecule has 2 aromatic carbocycles. The summed E-state index contributed by atoms with van der Waals surface area (Å²) in [5.74, 6) is 0. The number of aliphatic hydroxyl groups is 1. The van der Waals surface area contributed by atoms with E-state index in [1.165, 1.54) is 5.56 Å². The molecule has 2 heteroatoms. The lowest BCUT2D eigenvalue weighted by Crippen LogP contribution is -2.28. The Kier molecular flexibility index (Phi) is 5.13. The van der Waals surface area contributed by atoms with E-state index in [0.29, 0.717) is 0 Å². The van der Waals surface area contributed by atoms with Gasteiger partial charge in [-0.05, 0) is 17.5 Å². The highest BCUT2D eigenvalue weighted by Gasteiger charge is 2.16. The second kappa shape index (κ2) is 7.07. The molecular weight excluding hydrogens is 234 g/mol. The number of nitrogens with one attached hydrogen (secondary N) is 1. The molecule has 0 aliphatic rings. The van der Waals surface area contributed by atoms with Crippen LogP contribution >= 0.6 is 0 Å². The number of hydrogen-bond donors (Lipinski definition) is 2. The van der Waals surface area contributed by atoms with Crippen LogP contribution in [0.3, 0.4) is 0 Å². The van der Waals surface area contributed by atoms with Gasteiger partial charge in [0.2, 0.25) is 0 Å². The summed E-state index contributed by atoms with van der Waals surface area (Å²) in [5.41, 5.74) is 2.39. The molecule has 0 saturated carbocycles. The summed E-state index contributed by atoms with van der Waals surface area (Å²) < 4.78 is 0. The van der Waals surface area contributed by atoms with Gasteiger partial charge in [-0.3, -0.25) is 0 Å². The average Bonchev–Trinajstić information content (AvgIpc) is 2.50. The summed E-state index contributed by atoms with van der Waals surface area (Å²) in [4.78, 5) is 0. The van der Waals surface area contributed by atoms with Gasteiger partial charge >= 0.3 is 0 Å². The third-order valence-corrected chi connectivity index (χ3v) is 3.40. The third kappa shape index (κ3) is 3.66. The number of hydrogen-bond acceptors (Lipinski definition) is 2. The second-order valence-electron chi connectivity index (χ2n) is 4.68. The van der Waals surface area contributed by atoms with Crippen molar-refractivity contribution < 1.29 is 5.11 Å². The van der Waals surface area contributed by atoms with Crippen LogP contribution in [0.25, 0.3) is 0 Å². The van der Waals surface area contributed by atoms with Crippen molar-refractivity contribution in [1.29, 1.82) is 0 Å². The third-order valence-electron chi connectivity index (χ3n) is 3.40. The predicted octanol–water partition coefficient (Wildman–Crippen LogP) is 3.46. The van der Waals surface area contributed by atoms with E-state index in [-0.39, 0.29) is 18.7 Å². The first kappa shape index (κ1) is 13.8. The molecule has 0 aromatic heterocycles. The average molecular weight is 255 g/mol. The fourth-order valence-electron chi connectivity index (χ4n) is 2.32. The SMILES string of the molecule is CCC(N[C@H](CO)c1ccccc1)c1ccccc1. The lowest BCUT2D eigenvalue weighted by Gasteiger charge is -2.24. The highest BCUT2D eigenvalue weighted by Crippen LogP contribution is 2.21. The van der Waals surface area contributed by atoms with Gasteiger partial charge in [0.1, 0.15) is 0 Å². The van der Waals surface area contributed by atoms with Crippen molar-refractivity contribution in [1.82, 2.24) is 5.32 Å². The van der Waals surface area contributed by atoms with E-state index in [1.807, 2.05) is 36.4 Å². The first-order valence-corrected chi connectivity index (χ1v) is 6.82. The van der Waals surface area contributed by atoms with Crippen molar-refractivity contribution in [2.75, 3.05) is 6.61 Å². The van der Waals surface area contributed by atoms with E-state index in [1.54, 1.807) is 0 Å². The van der Waals surface area contributed by atoms with Crippen LogP contribution in [0.15, 0.2) is 60.7 Å². The van der Waals surface area contributed by atoms with Crippen LogP contribution in [0.1, 0.15) is 36.6 Å². The Morgan fingerprint density at radius 2 is 1.32 bits per heavy atom. The van der Waals surface area contributed by atoms with E-state index in [0.717, 1.165) is 12.0 Å². The number of aliphatic hydroxyl groups excluding tert-OH is 1. The molecule has 1 unspecified atom stereocenters. The quantitative estimate of drug-likeness (QED) is 0.828. The summed E-state index contributed by atoms with van der Waals surface area (Å²) in [6.07, 6.45) is 0.993. The smallest absolute Gasteiger partial charge is 0.0626 e. The molecule has 0 radical (unpaired) electrons. The molecule has 2 N–H and O–H groups in total. The van der Waals surface area contributed by atoms with Crippen molar-refractivity contribution in [3.63, 3.8) is 0 Å². The van der Waals surface area contributed by atoms with Gasteiger partial charge in [0.25, 0.3) is 0 Å². The highest BCUT2D eigenvalue weighted by molar-refractivity contribution is 5.22. The molecule has 0 spiro atoms. The van der Waals surface area contributed by atoms with Gasteiger partial charge < -0.3 is 10.4 Å². The Morgan fingerprint density at radius 3 is 1.74 bits per heavy atom. The van der Waals surface area contributed by atoms with E-state index in [9.17, 15) is 5.11 Å². The van der Waals surface area contributed by atoms with Crippen LogP contribution in [-0.2, 0) is 0 Å². The summed E-state index contributed by atoms with van der Waals surface area (Å²) in [6.45, 7) is 2.26. The van der Waals surface area contributed by atoms with E-state index < -0.39 is 0 Å². The summed E-state index contributed by atoms with van der Waals surface area (Å²) in [6, 6.07) is 20.7. The number of benzene rings is 2. The van der Waals surface area contributed by atoms with Crippen LogP contribution in [0.5, 0.6) is 0 Å². The molecule has 0 bridgehead atoms. The Morgan fingerprint density at radius 1 is 0.842 bits per heavy atom. The Labute approximate surface area is 115 Å². The van der Waals surface area contributed by atoms with Gasteiger partial charge in [-0.15, -0.1) is 0 Å². The monoisotopic (exact) mass is 255 g/mol. The van der Waals surface area contributed by atoms with Crippen molar-refractivity contribution in [2.24, 2.45) is 0 Å². The predicted molar refractivity (Wildman–Crippen MR) is 78.9 cm³/mol. The number of rotatable bonds is 6. The lowest BCUT2D eigenvalue weighted by molar-refractivity contribution is 0.232.